The number of carboxylic acid groups (broad SMARTS) is 1. The van der Waals surface area contributed by atoms with Crippen molar-refractivity contribution in [3.8, 4) is 0 Å². The Morgan fingerprint density at radius 1 is 1.36 bits per heavy atom. The Morgan fingerprint density at radius 3 is 2.43 bits per heavy atom. The average Bonchev–Trinajstić information content (AvgIpc) is 2.02. The normalized spacial score (nSPS) is 14.7. The molecule has 0 amide bonds. The van der Waals surface area contributed by atoms with Crippen LogP contribution >= 0.6 is 0 Å². The van der Waals surface area contributed by atoms with E-state index in [0.29, 0.717) is 6.42 Å². The number of hydrogen-bond acceptors (Lipinski definition) is 2. The first kappa shape index (κ1) is 10.7. The molecule has 0 spiro atoms. The van der Waals surface area contributed by atoms with Crippen LogP contribution in [0.4, 0.5) is 0 Å². The Kier molecular flexibility index (Phi) is 3.25. The van der Waals surface area contributed by atoms with E-state index in [0.717, 1.165) is 5.56 Å². The highest BCUT2D eigenvalue weighted by Gasteiger charge is 2.24. The van der Waals surface area contributed by atoms with Gasteiger partial charge >= 0.3 is 5.97 Å². The molecule has 76 valence electrons. The van der Waals surface area contributed by atoms with Crippen molar-refractivity contribution in [2.45, 2.75) is 25.4 Å². The molecule has 0 fully saturated rings. The molecule has 1 unspecified atom stereocenters. The van der Waals surface area contributed by atoms with Crippen LogP contribution in [0.5, 0.6) is 0 Å². The highest BCUT2D eigenvalue weighted by atomic mass is 16.4. The second kappa shape index (κ2) is 4.24. The number of aliphatic hydroxyl groups is 1. The van der Waals surface area contributed by atoms with Crippen molar-refractivity contribution in [2.75, 3.05) is 0 Å². The summed E-state index contributed by atoms with van der Waals surface area (Å²) in [6.45, 7) is 1.54. The Morgan fingerprint density at radius 2 is 1.93 bits per heavy atom. The van der Waals surface area contributed by atoms with Gasteiger partial charge in [0.1, 0.15) is 0 Å². The predicted molar refractivity (Wildman–Crippen MR) is 53.0 cm³/mol. The zero-order valence-electron chi connectivity index (χ0n) is 8.10. The van der Waals surface area contributed by atoms with Gasteiger partial charge in [0.15, 0.2) is 0 Å². The van der Waals surface area contributed by atoms with Crippen molar-refractivity contribution in [3.05, 3.63) is 35.9 Å². The first-order valence-corrected chi connectivity index (χ1v) is 4.48. The predicted octanol–water partition coefficient (Wildman–Crippen LogP) is 1.45. The molecule has 0 heterocycles. The Balaban J connectivity index is 2.63. The van der Waals surface area contributed by atoms with Gasteiger partial charge in [-0.15, -0.1) is 0 Å². The second-order valence-electron chi connectivity index (χ2n) is 3.73. The fourth-order valence-corrected chi connectivity index (χ4v) is 1.42. The minimum atomic E-state index is -1.17. The second-order valence-corrected chi connectivity index (χ2v) is 3.73. The molecule has 1 aromatic rings. The summed E-state index contributed by atoms with van der Waals surface area (Å²) in [6, 6.07) is 9.36. The molecule has 0 aliphatic carbocycles. The smallest absolute Gasteiger partial charge is 0.306 e. The zero-order chi connectivity index (χ0) is 10.6. The molecule has 0 aliphatic rings. The maximum atomic E-state index is 10.4. The van der Waals surface area contributed by atoms with E-state index in [1.807, 2.05) is 30.3 Å². The van der Waals surface area contributed by atoms with Gasteiger partial charge < -0.3 is 10.2 Å². The van der Waals surface area contributed by atoms with E-state index in [4.69, 9.17) is 5.11 Å². The molecule has 0 aromatic heterocycles. The molecule has 3 nitrogen and oxygen atoms in total. The van der Waals surface area contributed by atoms with Gasteiger partial charge in [0.25, 0.3) is 0 Å². The lowest BCUT2D eigenvalue weighted by molar-refractivity contribution is -0.141. The Bertz CT molecular complexity index is 304. The fourth-order valence-electron chi connectivity index (χ4n) is 1.42. The number of aliphatic carboxylic acids is 1. The Hall–Kier alpha value is -1.35. The van der Waals surface area contributed by atoms with Crippen LogP contribution in [-0.2, 0) is 11.2 Å². The number of hydrogen-bond donors (Lipinski definition) is 2. The Labute approximate surface area is 83.0 Å². The summed E-state index contributed by atoms with van der Waals surface area (Å²) in [6.07, 6.45) is 0.127. The molecule has 14 heavy (non-hydrogen) atoms. The average molecular weight is 194 g/mol. The third kappa shape index (κ3) is 3.58. The van der Waals surface area contributed by atoms with Crippen LogP contribution in [0.3, 0.4) is 0 Å². The van der Waals surface area contributed by atoms with E-state index in [2.05, 4.69) is 0 Å². The van der Waals surface area contributed by atoms with Crippen molar-refractivity contribution in [1.29, 1.82) is 0 Å². The van der Waals surface area contributed by atoms with E-state index in [1.165, 1.54) is 6.92 Å². The van der Waals surface area contributed by atoms with Crippen molar-refractivity contribution >= 4 is 5.97 Å². The van der Waals surface area contributed by atoms with Crippen LogP contribution in [0.15, 0.2) is 30.3 Å². The molecule has 1 aromatic carbocycles. The summed E-state index contributed by atoms with van der Waals surface area (Å²) in [4.78, 5) is 10.4. The van der Waals surface area contributed by atoms with Gasteiger partial charge in [-0.3, -0.25) is 4.79 Å². The fraction of sp³-hybridized carbons (Fsp3) is 0.364. The van der Waals surface area contributed by atoms with Gasteiger partial charge in [0, 0.05) is 6.42 Å². The van der Waals surface area contributed by atoms with E-state index < -0.39 is 11.6 Å². The molecule has 3 heteroatoms. The van der Waals surface area contributed by atoms with Crippen LogP contribution in [0.1, 0.15) is 18.9 Å². The molecule has 0 aliphatic heterocycles. The number of benzene rings is 1. The van der Waals surface area contributed by atoms with E-state index >= 15 is 0 Å². The molecular formula is C11H14O3. The van der Waals surface area contributed by atoms with Crippen molar-refractivity contribution in [1.82, 2.24) is 0 Å². The van der Waals surface area contributed by atoms with Crippen molar-refractivity contribution < 1.29 is 15.0 Å². The molecule has 0 saturated heterocycles. The van der Waals surface area contributed by atoms with Crippen molar-refractivity contribution in [2.24, 2.45) is 0 Å². The van der Waals surface area contributed by atoms with Gasteiger partial charge in [-0.2, -0.15) is 0 Å². The SMILES string of the molecule is CC(O)(CC(=O)O)Cc1ccccc1. The summed E-state index contributed by atoms with van der Waals surface area (Å²) < 4.78 is 0. The first-order valence-electron chi connectivity index (χ1n) is 4.48. The first-order chi connectivity index (χ1) is 6.49. The zero-order valence-corrected chi connectivity index (χ0v) is 8.10. The van der Waals surface area contributed by atoms with Gasteiger partial charge in [-0.25, -0.2) is 0 Å². The molecule has 0 saturated carbocycles. The molecule has 2 N–H and O–H groups in total. The third-order valence-corrected chi connectivity index (χ3v) is 1.96. The van der Waals surface area contributed by atoms with Crippen LogP contribution in [0.25, 0.3) is 0 Å². The van der Waals surface area contributed by atoms with Gasteiger partial charge in [0.05, 0.1) is 12.0 Å². The van der Waals surface area contributed by atoms with E-state index in [9.17, 15) is 9.90 Å². The maximum absolute atomic E-state index is 10.4. The van der Waals surface area contributed by atoms with Crippen LogP contribution < -0.4 is 0 Å². The third-order valence-electron chi connectivity index (χ3n) is 1.96. The number of carbonyl (C=O) groups is 1. The maximum Gasteiger partial charge on any atom is 0.306 e. The summed E-state index contributed by atoms with van der Waals surface area (Å²) in [5, 5.41) is 18.3. The molecule has 0 radical (unpaired) electrons. The van der Waals surface area contributed by atoms with E-state index in [-0.39, 0.29) is 6.42 Å². The van der Waals surface area contributed by atoms with Crippen molar-refractivity contribution in [3.63, 3.8) is 0 Å². The lowest BCUT2D eigenvalue weighted by atomic mass is 9.93. The van der Waals surface area contributed by atoms with Crippen LogP contribution in [0.2, 0.25) is 0 Å². The van der Waals surface area contributed by atoms with Crippen LogP contribution in [0, 0.1) is 0 Å². The highest BCUT2D eigenvalue weighted by molar-refractivity contribution is 5.68. The number of rotatable bonds is 4. The molecule has 1 atom stereocenters. The quantitative estimate of drug-likeness (QED) is 0.762. The summed E-state index contributed by atoms with van der Waals surface area (Å²) in [5.41, 5.74) is -0.230. The molecule has 1 rings (SSSR count). The van der Waals surface area contributed by atoms with Crippen LogP contribution in [-0.4, -0.2) is 21.8 Å². The minimum Gasteiger partial charge on any atom is -0.481 e. The van der Waals surface area contributed by atoms with Gasteiger partial charge in [-0.1, -0.05) is 30.3 Å². The lowest BCUT2D eigenvalue weighted by Gasteiger charge is -2.20. The largest absolute Gasteiger partial charge is 0.481 e. The van der Waals surface area contributed by atoms with E-state index in [1.54, 1.807) is 0 Å². The standard InChI is InChI=1S/C11H14O3/c1-11(14,8-10(12)13)7-9-5-3-2-4-6-9/h2-6,14H,7-8H2,1H3,(H,12,13). The number of carboxylic acids is 1. The topological polar surface area (TPSA) is 57.5 Å². The van der Waals surface area contributed by atoms with Gasteiger partial charge in [0.2, 0.25) is 0 Å². The monoisotopic (exact) mass is 194 g/mol. The summed E-state index contributed by atoms with van der Waals surface area (Å²) in [7, 11) is 0. The van der Waals surface area contributed by atoms with Gasteiger partial charge in [-0.05, 0) is 12.5 Å². The molecule has 0 bridgehead atoms. The summed E-state index contributed by atoms with van der Waals surface area (Å²) in [5.74, 6) is -0.981. The highest BCUT2D eigenvalue weighted by Crippen LogP contribution is 2.16. The molecular weight excluding hydrogens is 180 g/mol. The lowest BCUT2D eigenvalue weighted by Crippen LogP contribution is -2.30. The minimum absolute atomic E-state index is 0.234. The summed E-state index contributed by atoms with van der Waals surface area (Å²) >= 11 is 0.